The maximum absolute atomic E-state index is 11.1. The van der Waals surface area contributed by atoms with Gasteiger partial charge in [0.1, 0.15) is 0 Å². The molecule has 1 N–H and O–H groups in total. The lowest BCUT2D eigenvalue weighted by Crippen LogP contribution is -2.00. The van der Waals surface area contributed by atoms with Gasteiger partial charge in [0.05, 0.1) is 20.8 Å². The highest BCUT2D eigenvalue weighted by molar-refractivity contribution is 5.87. The van der Waals surface area contributed by atoms with Gasteiger partial charge in [0.15, 0.2) is 11.5 Å². The monoisotopic (exact) mass is 308 g/mol. The Kier molecular flexibility index (Phi) is 8.76. The molecule has 0 amide bonds. The van der Waals surface area contributed by atoms with Crippen LogP contribution >= 0.6 is 0 Å². The summed E-state index contributed by atoms with van der Waals surface area (Å²) in [4.78, 5) is 11.1. The number of hydrogen-bond donors (Lipinski definition) is 1. The number of hydrogen-bond acceptors (Lipinski definition) is 5. The van der Waals surface area contributed by atoms with Gasteiger partial charge in [0, 0.05) is 12.7 Å². The van der Waals surface area contributed by atoms with Crippen molar-refractivity contribution in [2.75, 3.05) is 27.4 Å². The number of aliphatic hydroxyl groups is 1. The largest absolute Gasteiger partial charge is 0.493 e. The Morgan fingerprint density at radius 3 is 2.59 bits per heavy atom. The Bertz CT molecular complexity index is 482. The first-order valence-corrected chi connectivity index (χ1v) is 7.39. The molecule has 0 radical (unpaired) electrons. The molecule has 0 unspecified atom stereocenters. The molecule has 0 bridgehead atoms. The van der Waals surface area contributed by atoms with E-state index in [2.05, 4.69) is 4.74 Å². The molecular weight excluding hydrogens is 284 g/mol. The number of methoxy groups -OCH3 is 2. The molecule has 0 saturated heterocycles. The van der Waals surface area contributed by atoms with Gasteiger partial charge in [-0.3, -0.25) is 0 Å². The summed E-state index contributed by atoms with van der Waals surface area (Å²) in [5, 5.41) is 8.71. The van der Waals surface area contributed by atoms with E-state index < -0.39 is 5.97 Å². The number of carbonyl (C=O) groups is 1. The molecule has 0 aliphatic rings. The maximum Gasteiger partial charge on any atom is 0.330 e. The van der Waals surface area contributed by atoms with Crippen molar-refractivity contribution in [3.63, 3.8) is 0 Å². The second kappa shape index (κ2) is 10.7. The first-order valence-electron chi connectivity index (χ1n) is 7.39. The van der Waals surface area contributed by atoms with Crippen LogP contribution in [-0.2, 0) is 9.53 Å². The van der Waals surface area contributed by atoms with Crippen molar-refractivity contribution < 1.29 is 24.1 Å². The molecule has 0 aromatic heterocycles. The van der Waals surface area contributed by atoms with Crippen molar-refractivity contribution in [1.82, 2.24) is 0 Å². The first kappa shape index (κ1) is 18.0. The van der Waals surface area contributed by atoms with Gasteiger partial charge >= 0.3 is 5.97 Å². The van der Waals surface area contributed by atoms with Crippen LogP contribution in [0.3, 0.4) is 0 Å². The Hall–Kier alpha value is -2.01. The van der Waals surface area contributed by atoms with Crippen LogP contribution in [0.2, 0.25) is 0 Å². The highest BCUT2D eigenvalue weighted by Crippen LogP contribution is 2.28. The molecule has 0 spiro atoms. The highest BCUT2D eigenvalue weighted by atomic mass is 16.5. The van der Waals surface area contributed by atoms with E-state index in [1.54, 1.807) is 19.3 Å². The molecule has 0 aliphatic carbocycles. The van der Waals surface area contributed by atoms with Crippen LogP contribution in [-0.4, -0.2) is 38.5 Å². The fourth-order valence-electron chi connectivity index (χ4n) is 1.89. The van der Waals surface area contributed by atoms with E-state index in [0.717, 1.165) is 31.2 Å². The molecule has 122 valence electrons. The summed E-state index contributed by atoms with van der Waals surface area (Å²) in [5.41, 5.74) is 0.831. The molecule has 5 heteroatoms. The minimum absolute atomic E-state index is 0.245. The molecule has 0 fully saturated rings. The highest BCUT2D eigenvalue weighted by Gasteiger charge is 2.05. The summed E-state index contributed by atoms with van der Waals surface area (Å²) in [6.45, 7) is 0.856. The van der Waals surface area contributed by atoms with Gasteiger partial charge in [-0.2, -0.15) is 0 Å². The molecule has 5 nitrogen and oxygen atoms in total. The third-order valence-corrected chi connectivity index (χ3v) is 3.11. The fraction of sp³-hybridized carbons (Fsp3) is 0.471. The number of carbonyl (C=O) groups excluding carboxylic acids is 1. The molecule has 0 aliphatic heterocycles. The second-order valence-electron chi connectivity index (χ2n) is 4.75. The summed E-state index contributed by atoms with van der Waals surface area (Å²) < 4.78 is 15.6. The quantitative estimate of drug-likeness (QED) is 0.409. The third-order valence-electron chi connectivity index (χ3n) is 3.11. The van der Waals surface area contributed by atoms with Gasteiger partial charge in [-0.1, -0.05) is 12.5 Å². The fourth-order valence-corrected chi connectivity index (χ4v) is 1.89. The number of aliphatic hydroxyl groups excluding tert-OH is 1. The standard InChI is InChI=1S/C17H24O5/c1-20-16-13-14(8-10-17(19)21-2)7-9-15(16)22-12-6-4-3-5-11-18/h7-10,13,18H,3-6,11-12H2,1-2H3/b10-8+. The minimum atomic E-state index is -0.401. The SMILES string of the molecule is COC(=O)/C=C/c1ccc(OCCCCCCO)c(OC)c1. The average molecular weight is 308 g/mol. The van der Waals surface area contributed by atoms with Gasteiger partial charge in [-0.15, -0.1) is 0 Å². The molecule has 22 heavy (non-hydrogen) atoms. The van der Waals surface area contributed by atoms with Crippen molar-refractivity contribution in [3.05, 3.63) is 29.8 Å². The van der Waals surface area contributed by atoms with Crippen LogP contribution in [0.4, 0.5) is 0 Å². The van der Waals surface area contributed by atoms with Gasteiger partial charge in [-0.25, -0.2) is 4.79 Å². The van der Waals surface area contributed by atoms with Crippen molar-refractivity contribution in [3.8, 4) is 11.5 Å². The zero-order valence-corrected chi connectivity index (χ0v) is 13.2. The summed E-state index contributed by atoms with van der Waals surface area (Å²) in [7, 11) is 2.92. The number of ether oxygens (including phenoxy) is 3. The van der Waals surface area contributed by atoms with Crippen LogP contribution in [0.5, 0.6) is 11.5 Å². The van der Waals surface area contributed by atoms with Crippen LogP contribution in [0.15, 0.2) is 24.3 Å². The van der Waals surface area contributed by atoms with E-state index >= 15 is 0 Å². The predicted octanol–water partition coefficient (Wildman–Crippen LogP) is 2.81. The van der Waals surface area contributed by atoms with E-state index in [1.807, 2.05) is 12.1 Å². The van der Waals surface area contributed by atoms with Crippen LogP contribution in [0.1, 0.15) is 31.2 Å². The minimum Gasteiger partial charge on any atom is -0.493 e. The van der Waals surface area contributed by atoms with Crippen molar-refractivity contribution in [2.24, 2.45) is 0 Å². The van der Waals surface area contributed by atoms with Gasteiger partial charge in [-0.05, 0) is 43.0 Å². The van der Waals surface area contributed by atoms with E-state index in [1.165, 1.54) is 13.2 Å². The average Bonchev–Trinajstić information content (AvgIpc) is 2.56. The van der Waals surface area contributed by atoms with E-state index in [0.29, 0.717) is 18.1 Å². The molecule has 1 rings (SSSR count). The second-order valence-corrected chi connectivity index (χ2v) is 4.75. The molecular formula is C17H24O5. The molecule has 0 atom stereocenters. The zero-order valence-electron chi connectivity index (χ0n) is 13.2. The number of unbranched alkanes of at least 4 members (excludes halogenated alkanes) is 3. The summed E-state index contributed by atoms with van der Waals surface area (Å²) in [6.07, 6.45) is 6.83. The lowest BCUT2D eigenvalue weighted by molar-refractivity contribution is -0.134. The van der Waals surface area contributed by atoms with E-state index in [9.17, 15) is 4.79 Å². The summed E-state index contributed by atoms with van der Waals surface area (Å²) >= 11 is 0. The van der Waals surface area contributed by atoms with Crippen molar-refractivity contribution >= 4 is 12.0 Å². The molecule has 1 aromatic rings. The smallest absolute Gasteiger partial charge is 0.330 e. The lowest BCUT2D eigenvalue weighted by Gasteiger charge is -2.11. The normalized spacial score (nSPS) is 10.7. The molecule has 0 heterocycles. The summed E-state index contributed by atoms with van der Waals surface area (Å²) in [6, 6.07) is 5.48. The topological polar surface area (TPSA) is 65.0 Å². The van der Waals surface area contributed by atoms with E-state index in [4.69, 9.17) is 14.6 Å². The van der Waals surface area contributed by atoms with Gasteiger partial charge in [0.25, 0.3) is 0 Å². The van der Waals surface area contributed by atoms with Gasteiger partial charge in [0.2, 0.25) is 0 Å². The van der Waals surface area contributed by atoms with Gasteiger partial charge < -0.3 is 19.3 Å². The van der Waals surface area contributed by atoms with Crippen LogP contribution < -0.4 is 9.47 Å². The third kappa shape index (κ3) is 6.63. The first-order chi connectivity index (χ1) is 10.7. The van der Waals surface area contributed by atoms with Crippen molar-refractivity contribution in [2.45, 2.75) is 25.7 Å². The van der Waals surface area contributed by atoms with E-state index in [-0.39, 0.29) is 6.61 Å². The Morgan fingerprint density at radius 1 is 1.14 bits per heavy atom. The maximum atomic E-state index is 11.1. The lowest BCUT2D eigenvalue weighted by atomic mass is 10.2. The van der Waals surface area contributed by atoms with Crippen LogP contribution in [0.25, 0.3) is 6.08 Å². The Labute approximate surface area is 131 Å². The number of esters is 1. The van der Waals surface area contributed by atoms with Crippen molar-refractivity contribution in [1.29, 1.82) is 0 Å². The number of rotatable bonds is 10. The Balaban J connectivity index is 2.54. The number of benzene rings is 1. The summed E-state index contributed by atoms with van der Waals surface area (Å²) in [5.74, 6) is 0.907. The molecule has 0 saturated carbocycles. The Morgan fingerprint density at radius 2 is 1.91 bits per heavy atom. The molecule has 1 aromatic carbocycles. The van der Waals surface area contributed by atoms with Crippen LogP contribution in [0, 0.1) is 0 Å². The predicted molar refractivity (Wildman–Crippen MR) is 85.1 cm³/mol. The zero-order chi connectivity index (χ0) is 16.2.